The molecular formula is C12H14BrF2N. The summed E-state index contributed by atoms with van der Waals surface area (Å²) >= 11 is 3.58. The summed E-state index contributed by atoms with van der Waals surface area (Å²) in [6, 6.07) is 3.72. The fraction of sp³-hybridized carbons (Fsp3) is 0.500. The molecule has 1 aromatic rings. The Kier molecular flexibility index (Phi) is 3.92. The van der Waals surface area contributed by atoms with Crippen molar-refractivity contribution in [1.29, 1.82) is 0 Å². The zero-order chi connectivity index (χ0) is 11.5. The largest absolute Gasteiger partial charge is 0.299 e. The predicted molar refractivity (Wildman–Crippen MR) is 63.6 cm³/mol. The van der Waals surface area contributed by atoms with Gasteiger partial charge in [0.15, 0.2) is 0 Å². The second kappa shape index (κ2) is 5.23. The molecule has 1 aliphatic rings. The summed E-state index contributed by atoms with van der Waals surface area (Å²) in [6.45, 7) is 2.59. The number of piperidine rings is 1. The van der Waals surface area contributed by atoms with Crippen LogP contribution in [0.4, 0.5) is 8.78 Å². The SMILES string of the molecule is Fc1cc(F)cc(CN2CCC(Br)CC2)c1. The Hall–Kier alpha value is -0.480. The first-order chi connectivity index (χ1) is 7.63. The molecule has 1 fully saturated rings. The van der Waals surface area contributed by atoms with Crippen molar-refractivity contribution < 1.29 is 8.78 Å². The third-order valence-electron chi connectivity index (χ3n) is 2.85. The van der Waals surface area contributed by atoms with Gasteiger partial charge in [0, 0.05) is 17.4 Å². The maximum absolute atomic E-state index is 13.0. The van der Waals surface area contributed by atoms with E-state index in [1.165, 1.54) is 12.1 Å². The molecule has 88 valence electrons. The quantitative estimate of drug-likeness (QED) is 0.755. The molecule has 0 amide bonds. The van der Waals surface area contributed by atoms with Crippen LogP contribution in [0.1, 0.15) is 18.4 Å². The van der Waals surface area contributed by atoms with Crippen LogP contribution in [-0.2, 0) is 6.54 Å². The molecule has 1 heterocycles. The van der Waals surface area contributed by atoms with Gasteiger partial charge in [0.1, 0.15) is 11.6 Å². The lowest BCUT2D eigenvalue weighted by atomic mass is 10.1. The summed E-state index contributed by atoms with van der Waals surface area (Å²) < 4.78 is 26.0. The van der Waals surface area contributed by atoms with E-state index in [1.807, 2.05) is 0 Å². The standard InChI is InChI=1S/C12H14BrF2N/c13-10-1-3-16(4-2-10)8-9-5-11(14)7-12(15)6-9/h5-7,10H,1-4,8H2. The number of likely N-dealkylation sites (tertiary alicyclic amines) is 1. The molecule has 0 aliphatic carbocycles. The summed E-state index contributed by atoms with van der Waals surface area (Å²) in [5.74, 6) is -0.990. The normalized spacial score (nSPS) is 18.9. The van der Waals surface area contributed by atoms with Crippen LogP contribution in [0.2, 0.25) is 0 Å². The van der Waals surface area contributed by atoms with Gasteiger partial charge in [0.25, 0.3) is 0 Å². The van der Waals surface area contributed by atoms with Crippen molar-refractivity contribution in [1.82, 2.24) is 4.90 Å². The zero-order valence-electron chi connectivity index (χ0n) is 8.93. The van der Waals surface area contributed by atoms with Gasteiger partial charge in [-0.2, -0.15) is 0 Å². The lowest BCUT2D eigenvalue weighted by Gasteiger charge is -2.29. The second-order valence-electron chi connectivity index (χ2n) is 4.23. The summed E-state index contributed by atoms with van der Waals surface area (Å²) in [5.41, 5.74) is 0.713. The molecular weight excluding hydrogens is 276 g/mol. The molecule has 4 heteroatoms. The Balaban J connectivity index is 1.98. The molecule has 1 aromatic carbocycles. The van der Waals surface area contributed by atoms with Gasteiger partial charge in [-0.3, -0.25) is 4.90 Å². The highest BCUT2D eigenvalue weighted by Gasteiger charge is 2.17. The fourth-order valence-corrected chi connectivity index (χ4v) is 2.43. The minimum atomic E-state index is -0.495. The molecule has 1 nitrogen and oxygen atoms in total. The number of rotatable bonds is 2. The van der Waals surface area contributed by atoms with Gasteiger partial charge in [-0.05, 0) is 43.6 Å². The smallest absolute Gasteiger partial charge is 0.126 e. The van der Waals surface area contributed by atoms with E-state index in [9.17, 15) is 8.78 Å². The van der Waals surface area contributed by atoms with Gasteiger partial charge in [-0.25, -0.2) is 8.78 Å². The molecule has 0 saturated carbocycles. The minimum absolute atomic E-state index is 0.495. The van der Waals surface area contributed by atoms with Crippen LogP contribution in [-0.4, -0.2) is 22.8 Å². The van der Waals surface area contributed by atoms with E-state index in [0.717, 1.165) is 32.0 Å². The van der Waals surface area contributed by atoms with Crippen molar-refractivity contribution in [3.8, 4) is 0 Å². The molecule has 0 radical (unpaired) electrons. The van der Waals surface area contributed by atoms with Crippen molar-refractivity contribution in [2.24, 2.45) is 0 Å². The van der Waals surface area contributed by atoms with Crippen molar-refractivity contribution in [3.05, 3.63) is 35.4 Å². The average molecular weight is 290 g/mol. The molecule has 0 spiro atoms. The molecule has 1 saturated heterocycles. The van der Waals surface area contributed by atoms with Gasteiger partial charge in [-0.1, -0.05) is 15.9 Å². The van der Waals surface area contributed by atoms with Gasteiger partial charge in [-0.15, -0.1) is 0 Å². The first-order valence-corrected chi connectivity index (χ1v) is 6.36. The highest BCUT2D eigenvalue weighted by molar-refractivity contribution is 9.09. The molecule has 0 atom stereocenters. The summed E-state index contributed by atoms with van der Waals surface area (Å²) in [7, 11) is 0. The maximum atomic E-state index is 13.0. The predicted octanol–water partition coefficient (Wildman–Crippen LogP) is 3.32. The van der Waals surface area contributed by atoms with Gasteiger partial charge < -0.3 is 0 Å². The van der Waals surface area contributed by atoms with E-state index in [1.54, 1.807) is 0 Å². The van der Waals surface area contributed by atoms with Gasteiger partial charge >= 0.3 is 0 Å². The van der Waals surface area contributed by atoms with Crippen molar-refractivity contribution in [2.45, 2.75) is 24.2 Å². The third-order valence-corrected chi connectivity index (χ3v) is 3.76. The summed E-state index contributed by atoms with van der Waals surface area (Å²) in [6.07, 6.45) is 2.19. The van der Waals surface area contributed by atoms with Crippen LogP contribution >= 0.6 is 15.9 Å². The molecule has 2 rings (SSSR count). The van der Waals surface area contributed by atoms with Crippen LogP contribution in [0.25, 0.3) is 0 Å². The molecule has 0 N–H and O–H groups in total. The summed E-state index contributed by atoms with van der Waals surface area (Å²) in [5, 5.41) is 0. The van der Waals surface area contributed by atoms with Crippen molar-refractivity contribution in [3.63, 3.8) is 0 Å². The third kappa shape index (κ3) is 3.25. The highest BCUT2D eigenvalue weighted by Crippen LogP contribution is 2.19. The van der Waals surface area contributed by atoms with E-state index in [4.69, 9.17) is 0 Å². The number of nitrogens with zero attached hydrogens (tertiary/aromatic N) is 1. The Morgan fingerprint density at radius 2 is 1.69 bits per heavy atom. The second-order valence-corrected chi connectivity index (χ2v) is 5.52. The lowest BCUT2D eigenvalue weighted by molar-refractivity contribution is 0.225. The van der Waals surface area contributed by atoms with Crippen LogP contribution in [0, 0.1) is 11.6 Å². The molecule has 16 heavy (non-hydrogen) atoms. The Morgan fingerprint density at radius 3 is 2.25 bits per heavy atom. The zero-order valence-corrected chi connectivity index (χ0v) is 10.5. The number of alkyl halides is 1. The maximum Gasteiger partial charge on any atom is 0.126 e. The Morgan fingerprint density at radius 1 is 1.12 bits per heavy atom. The lowest BCUT2D eigenvalue weighted by Crippen LogP contribution is -2.33. The molecule has 0 bridgehead atoms. The summed E-state index contributed by atoms with van der Waals surface area (Å²) in [4.78, 5) is 2.82. The van der Waals surface area contributed by atoms with E-state index >= 15 is 0 Å². The van der Waals surface area contributed by atoms with Crippen molar-refractivity contribution >= 4 is 15.9 Å². The van der Waals surface area contributed by atoms with Crippen molar-refractivity contribution in [2.75, 3.05) is 13.1 Å². The molecule has 0 unspecified atom stereocenters. The topological polar surface area (TPSA) is 3.24 Å². The number of benzene rings is 1. The van der Waals surface area contributed by atoms with E-state index in [-0.39, 0.29) is 0 Å². The van der Waals surface area contributed by atoms with E-state index in [0.29, 0.717) is 16.9 Å². The van der Waals surface area contributed by atoms with Crippen LogP contribution in [0.15, 0.2) is 18.2 Å². The first kappa shape index (κ1) is 12.0. The van der Waals surface area contributed by atoms with E-state index < -0.39 is 11.6 Å². The first-order valence-electron chi connectivity index (χ1n) is 5.45. The van der Waals surface area contributed by atoms with Gasteiger partial charge in [0.05, 0.1) is 0 Å². The highest BCUT2D eigenvalue weighted by atomic mass is 79.9. The Bertz CT molecular complexity index is 342. The van der Waals surface area contributed by atoms with Gasteiger partial charge in [0.2, 0.25) is 0 Å². The molecule has 1 aliphatic heterocycles. The number of halogens is 3. The molecule has 0 aromatic heterocycles. The average Bonchev–Trinajstić information content (AvgIpc) is 2.20. The number of hydrogen-bond donors (Lipinski definition) is 0. The monoisotopic (exact) mass is 289 g/mol. The van der Waals surface area contributed by atoms with Crippen LogP contribution < -0.4 is 0 Å². The fourth-order valence-electron chi connectivity index (χ4n) is 2.02. The van der Waals surface area contributed by atoms with Crippen LogP contribution in [0.5, 0.6) is 0 Å². The Labute approximate surface area is 103 Å². The number of hydrogen-bond acceptors (Lipinski definition) is 1. The minimum Gasteiger partial charge on any atom is -0.299 e. The van der Waals surface area contributed by atoms with E-state index in [2.05, 4.69) is 20.8 Å². The van der Waals surface area contributed by atoms with Crippen LogP contribution in [0.3, 0.4) is 0 Å².